The van der Waals surface area contributed by atoms with Crippen LogP contribution in [0.5, 0.6) is 0 Å². The van der Waals surface area contributed by atoms with E-state index in [-0.39, 0.29) is 23.9 Å². The zero-order valence-corrected chi connectivity index (χ0v) is 15.8. The summed E-state index contributed by atoms with van der Waals surface area (Å²) in [5, 5.41) is 17.6. The zero-order valence-electron chi connectivity index (χ0n) is 15.0. The van der Waals surface area contributed by atoms with Gasteiger partial charge in [0.25, 0.3) is 5.91 Å². The SMILES string of the molecule is Cl.O=C(Nc1cccc(NC(=O)C2CC(O)CN2)c1)c1cccc(C(F)(F)F)c1. The van der Waals surface area contributed by atoms with Crippen molar-refractivity contribution in [2.75, 3.05) is 17.2 Å². The van der Waals surface area contributed by atoms with Crippen LogP contribution in [-0.2, 0) is 11.0 Å². The highest BCUT2D eigenvalue weighted by Crippen LogP contribution is 2.29. The summed E-state index contributed by atoms with van der Waals surface area (Å²) >= 11 is 0. The van der Waals surface area contributed by atoms with Crippen LogP contribution in [0, 0.1) is 0 Å². The molecule has 0 bridgehead atoms. The zero-order chi connectivity index (χ0) is 20.3. The Balaban J connectivity index is 0.00000300. The first-order valence-electron chi connectivity index (χ1n) is 8.53. The summed E-state index contributed by atoms with van der Waals surface area (Å²) in [4.78, 5) is 24.4. The molecular formula is C19H19ClF3N3O3. The van der Waals surface area contributed by atoms with Crippen LogP contribution in [0.25, 0.3) is 0 Å². The number of aliphatic hydroxyl groups excluding tert-OH is 1. The van der Waals surface area contributed by atoms with Gasteiger partial charge in [0.05, 0.1) is 17.7 Å². The molecule has 2 aromatic carbocycles. The number of halogens is 4. The molecule has 29 heavy (non-hydrogen) atoms. The van der Waals surface area contributed by atoms with Crippen LogP contribution in [0.3, 0.4) is 0 Å². The van der Waals surface area contributed by atoms with E-state index in [2.05, 4.69) is 16.0 Å². The lowest BCUT2D eigenvalue weighted by Crippen LogP contribution is -2.35. The minimum atomic E-state index is -4.54. The van der Waals surface area contributed by atoms with Crippen LogP contribution < -0.4 is 16.0 Å². The number of rotatable bonds is 4. The van der Waals surface area contributed by atoms with Crippen LogP contribution in [-0.4, -0.2) is 35.6 Å². The third-order valence-electron chi connectivity index (χ3n) is 4.26. The second-order valence-corrected chi connectivity index (χ2v) is 6.45. The highest BCUT2D eigenvalue weighted by molar-refractivity contribution is 6.05. The third-order valence-corrected chi connectivity index (χ3v) is 4.26. The van der Waals surface area contributed by atoms with E-state index in [1.54, 1.807) is 18.2 Å². The minimum Gasteiger partial charge on any atom is -0.392 e. The largest absolute Gasteiger partial charge is 0.416 e. The van der Waals surface area contributed by atoms with Crippen LogP contribution in [0.15, 0.2) is 48.5 Å². The van der Waals surface area contributed by atoms with E-state index in [0.29, 0.717) is 24.3 Å². The Morgan fingerprint density at radius 3 is 2.31 bits per heavy atom. The van der Waals surface area contributed by atoms with Crippen LogP contribution in [0.1, 0.15) is 22.3 Å². The van der Waals surface area contributed by atoms with E-state index in [1.807, 2.05) is 0 Å². The molecule has 2 aromatic rings. The maximum atomic E-state index is 12.8. The molecule has 4 N–H and O–H groups in total. The Morgan fingerprint density at radius 1 is 1.03 bits per heavy atom. The molecule has 3 rings (SSSR count). The number of nitrogens with one attached hydrogen (secondary N) is 3. The third kappa shape index (κ3) is 5.93. The fourth-order valence-corrected chi connectivity index (χ4v) is 2.86. The average molecular weight is 430 g/mol. The van der Waals surface area contributed by atoms with Crippen molar-refractivity contribution < 1.29 is 27.9 Å². The predicted molar refractivity (Wildman–Crippen MR) is 104 cm³/mol. The maximum absolute atomic E-state index is 12.8. The van der Waals surface area contributed by atoms with Gasteiger partial charge in [0.15, 0.2) is 0 Å². The lowest BCUT2D eigenvalue weighted by Gasteiger charge is -2.13. The topological polar surface area (TPSA) is 90.5 Å². The molecule has 2 amide bonds. The van der Waals surface area contributed by atoms with Crippen molar-refractivity contribution in [1.82, 2.24) is 5.32 Å². The van der Waals surface area contributed by atoms with E-state index >= 15 is 0 Å². The van der Waals surface area contributed by atoms with Gasteiger partial charge in [-0.15, -0.1) is 12.4 Å². The summed E-state index contributed by atoms with van der Waals surface area (Å²) in [5.74, 6) is -1.02. The molecule has 0 aromatic heterocycles. The molecule has 1 aliphatic rings. The number of β-amino-alcohol motifs (C(OH)–C–C–N with tert-alkyl or cyclic N) is 1. The van der Waals surface area contributed by atoms with Gasteiger partial charge in [0, 0.05) is 23.5 Å². The summed E-state index contributed by atoms with van der Waals surface area (Å²) in [6, 6.07) is 9.85. The van der Waals surface area contributed by atoms with Gasteiger partial charge in [-0.25, -0.2) is 0 Å². The van der Waals surface area contributed by atoms with Crippen molar-refractivity contribution in [2.24, 2.45) is 0 Å². The fraction of sp³-hybridized carbons (Fsp3) is 0.263. The Bertz CT molecular complexity index is 892. The van der Waals surface area contributed by atoms with Gasteiger partial charge in [0.2, 0.25) is 5.91 Å². The summed E-state index contributed by atoms with van der Waals surface area (Å²) in [5.41, 5.74) is -0.310. The number of carbonyl (C=O) groups is 2. The molecule has 0 aliphatic carbocycles. The van der Waals surface area contributed by atoms with Gasteiger partial charge < -0.3 is 21.1 Å². The number of alkyl halides is 3. The van der Waals surface area contributed by atoms with Crippen molar-refractivity contribution in [3.8, 4) is 0 Å². The lowest BCUT2D eigenvalue weighted by molar-refractivity contribution is -0.137. The van der Waals surface area contributed by atoms with Crippen LogP contribution in [0.2, 0.25) is 0 Å². The van der Waals surface area contributed by atoms with Gasteiger partial charge in [-0.1, -0.05) is 12.1 Å². The molecule has 2 unspecified atom stereocenters. The monoisotopic (exact) mass is 429 g/mol. The van der Waals surface area contributed by atoms with Crippen LogP contribution in [0.4, 0.5) is 24.5 Å². The Morgan fingerprint density at radius 2 is 1.69 bits per heavy atom. The van der Waals surface area contributed by atoms with Gasteiger partial charge in [-0.2, -0.15) is 13.2 Å². The van der Waals surface area contributed by atoms with Crippen molar-refractivity contribution in [3.63, 3.8) is 0 Å². The van der Waals surface area contributed by atoms with E-state index in [9.17, 15) is 27.9 Å². The number of amides is 2. The van der Waals surface area contributed by atoms with E-state index in [1.165, 1.54) is 12.1 Å². The van der Waals surface area contributed by atoms with Crippen LogP contribution >= 0.6 is 12.4 Å². The van der Waals surface area contributed by atoms with Gasteiger partial charge in [0.1, 0.15) is 0 Å². The van der Waals surface area contributed by atoms with Gasteiger partial charge in [-0.05, 0) is 42.8 Å². The normalized spacial score (nSPS) is 18.6. The van der Waals surface area contributed by atoms with Crippen molar-refractivity contribution in [1.29, 1.82) is 0 Å². The molecule has 0 saturated carbocycles. The van der Waals surface area contributed by atoms with Gasteiger partial charge in [-0.3, -0.25) is 9.59 Å². The molecule has 0 radical (unpaired) electrons. The fourth-order valence-electron chi connectivity index (χ4n) is 2.86. The summed E-state index contributed by atoms with van der Waals surface area (Å²) < 4.78 is 38.4. The summed E-state index contributed by atoms with van der Waals surface area (Å²) in [6.45, 7) is 0.338. The molecular weight excluding hydrogens is 411 g/mol. The number of hydrogen-bond donors (Lipinski definition) is 4. The molecule has 1 saturated heterocycles. The summed E-state index contributed by atoms with van der Waals surface area (Å²) in [7, 11) is 0. The first-order chi connectivity index (χ1) is 13.2. The number of benzene rings is 2. The van der Waals surface area contributed by atoms with Crippen molar-refractivity contribution >= 4 is 35.6 Å². The predicted octanol–water partition coefficient (Wildman–Crippen LogP) is 3.04. The molecule has 1 heterocycles. The average Bonchev–Trinajstić information content (AvgIpc) is 3.08. The second-order valence-electron chi connectivity index (χ2n) is 6.45. The van der Waals surface area contributed by atoms with Gasteiger partial charge >= 0.3 is 6.18 Å². The Kier molecular flexibility index (Phi) is 7.23. The first kappa shape index (κ1) is 22.7. The standard InChI is InChI=1S/C19H18F3N3O3.ClH/c20-19(21,22)12-4-1-3-11(7-12)17(27)24-13-5-2-6-14(8-13)25-18(28)16-9-15(26)10-23-16;/h1-8,15-16,23,26H,9-10H2,(H,24,27)(H,25,28);1H. The number of anilines is 2. The molecule has 156 valence electrons. The number of carbonyl (C=O) groups excluding carboxylic acids is 2. The number of hydrogen-bond acceptors (Lipinski definition) is 4. The molecule has 2 atom stereocenters. The lowest BCUT2D eigenvalue weighted by atomic mass is 10.1. The smallest absolute Gasteiger partial charge is 0.392 e. The Labute approximate surface area is 170 Å². The summed E-state index contributed by atoms with van der Waals surface area (Å²) in [6.07, 6.45) is -4.81. The van der Waals surface area contributed by atoms with Crippen molar-refractivity contribution in [3.05, 3.63) is 59.7 Å². The molecule has 1 aliphatic heterocycles. The number of aliphatic hydroxyl groups is 1. The molecule has 6 nitrogen and oxygen atoms in total. The highest BCUT2D eigenvalue weighted by Gasteiger charge is 2.31. The highest BCUT2D eigenvalue weighted by atomic mass is 35.5. The second kappa shape index (κ2) is 9.25. The molecule has 10 heteroatoms. The van der Waals surface area contributed by atoms with E-state index < -0.39 is 29.8 Å². The van der Waals surface area contributed by atoms with E-state index in [4.69, 9.17) is 0 Å². The quantitative estimate of drug-likeness (QED) is 0.601. The molecule has 1 fully saturated rings. The molecule has 0 spiro atoms. The van der Waals surface area contributed by atoms with E-state index in [0.717, 1.165) is 18.2 Å². The minimum absolute atomic E-state index is 0. The van der Waals surface area contributed by atoms with Crippen molar-refractivity contribution in [2.45, 2.75) is 24.7 Å². The maximum Gasteiger partial charge on any atom is 0.416 e. The Hall–Kier alpha value is -2.62. The first-order valence-corrected chi connectivity index (χ1v) is 8.53.